The van der Waals surface area contributed by atoms with Crippen LogP contribution in [0.25, 0.3) is 0 Å². The van der Waals surface area contributed by atoms with E-state index in [1.165, 1.54) is 11.3 Å². The molecule has 0 aliphatic rings. The lowest BCUT2D eigenvalue weighted by molar-refractivity contribution is 1.09. The predicted octanol–water partition coefficient (Wildman–Crippen LogP) is 1.79. The van der Waals surface area contributed by atoms with Crippen molar-refractivity contribution in [2.75, 3.05) is 11.1 Å². The van der Waals surface area contributed by atoms with E-state index in [-0.39, 0.29) is 0 Å². The molecule has 4 nitrogen and oxygen atoms in total. The van der Waals surface area contributed by atoms with Gasteiger partial charge in [-0.3, -0.25) is 0 Å². The second kappa shape index (κ2) is 3.71. The Morgan fingerprint density at radius 2 is 2.38 bits per heavy atom. The number of nitrogen functional groups attached to an aromatic ring is 1. The number of hydrogen-bond donors (Lipinski definition) is 2. The van der Waals surface area contributed by atoms with Crippen LogP contribution < -0.4 is 11.1 Å². The number of hydrogen-bond acceptors (Lipinski definition) is 6. The maximum absolute atomic E-state index is 5.53. The lowest BCUT2D eigenvalue weighted by Crippen LogP contribution is -1.97. The van der Waals surface area contributed by atoms with E-state index in [0.29, 0.717) is 6.54 Å². The summed E-state index contributed by atoms with van der Waals surface area (Å²) in [6.07, 6.45) is 3.44. The molecule has 0 saturated heterocycles. The zero-order valence-corrected chi connectivity index (χ0v) is 8.36. The molecular formula is C7H8N4S2. The molecule has 0 unspecified atom stereocenters. The lowest BCUT2D eigenvalue weighted by atomic mass is 10.7. The molecule has 13 heavy (non-hydrogen) atoms. The number of nitrogens with zero attached hydrogens (tertiary/aromatic N) is 2. The van der Waals surface area contributed by atoms with E-state index in [0.717, 1.165) is 15.1 Å². The van der Waals surface area contributed by atoms with E-state index in [4.69, 9.17) is 5.73 Å². The van der Waals surface area contributed by atoms with Gasteiger partial charge in [-0.2, -0.15) is 0 Å². The quantitative estimate of drug-likeness (QED) is 0.814. The van der Waals surface area contributed by atoms with Gasteiger partial charge in [0.15, 0.2) is 5.13 Å². The number of aromatic nitrogens is 2. The summed E-state index contributed by atoms with van der Waals surface area (Å²) in [6, 6.07) is 0. The Hall–Kier alpha value is -1.14. The molecule has 0 aliphatic carbocycles. The Morgan fingerprint density at radius 1 is 1.46 bits per heavy atom. The van der Waals surface area contributed by atoms with E-state index in [1.807, 2.05) is 5.38 Å². The zero-order chi connectivity index (χ0) is 9.10. The lowest BCUT2D eigenvalue weighted by Gasteiger charge is -1.96. The van der Waals surface area contributed by atoms with Gasteiger partial charge in [-0.05, 0) is 0 Å². The Balaban J connectivity index is 1.93. The van der Waals surface area contributed by atoms with Crippen molar-refractivity contribution in [2.45, 2.75) is 6.54 Å². The monoisotopic (exact) mass is 212 g/mol. The highest BCUT2D eigenvalue weighted by Gasteiger charge is 1.99. The van der Waals surface area contributed by atoms with Crippen LogP contribution >= 0.6 is 22.7 Å². The highest BCUT2D eigenvalue weighted by Crippen LogP contribution is 2.20. The van der Waals surface area contributed by atoms with Gasteiger partial charge in [0.25, 0.3) is 0 Å². The minimum Gasteiger partial charge on any atom is -0.389 e. The van der Waals surface area contributed by atoms with Crippen LogP contribution in [0.2, 0.25) is 0 Å². The summed E-state index contributed by atoms with van der Waals surface area (Å²) in [4.78, 5) is 8.21. The van der Waals surface area contributed by atoms with Gasteiger partial charge in [0.2, 0.25) is 0 Å². The molecule has 2 aromatic heterocycles. The van der Waals surface area contributed by atoms with Crippen LogP contribution in [0, 0.1) is 0 Å². The van der Waals surface area contributed by atoms with Crippen molar-refractivity contribution < 1.29 is 0 Å². The first kappa shape index (κ1) is 8.46. The van der Waals surface area contributed by atoms with Crippen LogP contribution in [0.5, 0.6) is 0 Å². The molecular weight excluding hydrogens is 204 g/mol. The summed E-state index contributed by atoms with van der Waals surface area (Å²) in [5.74, 6) is 0. The van der Waals surface area contributed by atoms with Gasteiger partial charge in [0, 0.05) is 11.6 Å². The minimum atomic E-state index is 0.713. The Bertz CT molecular complexity index is 368. The maximum Gasteiger partial charge on any atom is 0.184 e. The Morgan fingerprint density at radius 3 is 3.00 bits per heavy atom. The number of nitrogens with one attached hydrogen (secondary N) is 1. The molecule has 0 fully saturated rings. The standard InChI is InChI=1S/C7H8N4S2/c8-5-3-10-7(13-5)11-4-6-9-1-2-12-6/h1-3H,4,8H2,(H,10,11). The molecule has 68 valence electrons. The SMILES string of the molecule is Nc1cnc(NCc2nccs2)s1. The van der Waals surface area contributed by atoms with Crippen molar-refractivity contribution in [3.8, 4) is 0 Å². The first-order valence-corrected chi connectivity index (χ1v) is 5.38. The van der Waals surface area contributed by atoms with Crippen molar-refractivity contribution in [1.29, 1.82) is 0 Å². The molecule has 0 atom stereocenters. The third-order valence-electron chi connectivity index (χ3n) is 1.40. The van der Waals surface area contributed by atoms with E-state index >= 15 is 0 Å². The number of nitrogens with two attached hydrogens (primary N) is 1. The van der Waals surface area contributed by atoms with Crippen LogP contribution in [-0.2, 0) is 6.54 Å². The summed E-state index contributed by atoms with van der Waals surface area (Å²) in [6.45, 7) is 0.713. The van der Waals surface area contributed by atoms with Gasteiger partial charge >= 0.3 is 0 Å². The smallest absolute Gasteiger partial charge is 0.184 e. The molecule has 2 heterocycles. The largest absolute Gasteiger partial charge is 0.389 e. The summed E-state index contributed by atoms with van der Waals surface area (Å²) in [7, 11) is 0. The minimum absolute atomic E-state index is 0.713. The van der Waals surface area contributed by atoms with Gasteiger partial charge in [-0.15, -0.1) is 11.3 Å². The van der Waals surface area contributed by atoms with Crippen LogP contribution in [-0.4, -0.2) is 9.97 Å². The fourth-order valence-corrected chi connectivity index (χ4v) is 1.99. The fourth-order valence-electron chi connectivity index (χ4n) is 0.860. The van der Waals surface area contributed by atoms with Crippen molar-refractivity contribution in [3.05, 3.63) is 22.8 Å². The van der Waals surface area contributed by atoms with Crippen molar-refractivity contribution in [1.82, 2.24) is 9.97 Å². The van der Waals surface area contributed by atoms with E-state index < -0.39 is 0 Å². The van der Waals surface area contributed by atoms with Gasteiger partial charge in [0.1, 0.15) is 10.0 Å². The average Bonchev–Trinajstić information content (AvgIpc) is 2.71. The highest BCUT2D eigenvalue weighted by molar-refractivity contribution is 7.19. The molecule has 2 aromatic rings. The van der Waals surface area contributed by atoms with Crippen molar-refractivity contribution in [3.63, 3.8) is 0 Å². The molecule has 0 bridgehead atoms. The topological polar surface area (TPSA) is 63.8 Å². The molecule has 0 aliphatic heterocycles. The number of rotatable bonds is 3. The molecule has 2 rings (SSSR count). The molecule has 0 saturated carbocycles. The number of thiazole rings is 2. The first-order chi connectivity index (χ1) is 6.34. The summed E-state index contributed by atoms with van der Waals surface area (Å²) in [5.41, 5.74) is 5.53. The Labute approximate surface area is 83.5 Å². The molecule has 3 N–H and O–H groups in total. The highest BCUT2D eigenvalue weighted by atomic mass is 32.1. The summed E-state index contributed by atoms with van der Waals surface area (Å²) in [5, 5.41) is 7.71. The van der Waals surface area contributed by atoms with Crippen LogP contribution in [0.4, 0.5) is 10.1 Å². The average molecular weight is 212 g/mol. The second-order valence-electron chi connectivity index (χ2n) is 2.35. The van der Waals surface area contributed by atoms with Crippen LogP contribution in [0.1, 0.15) is 5.01 Å². The van der Waals surface area contributed by atoms with Gasteiger partial charge in [-0.25, -0.2) is 9.97 Å². The van der Waals surface area contributed by atoms with Gasteiger partial charge in [-0.1, -0.05) is 11.3 Å². The zero-order valence-electron chi connectivity index (χ0n) is 6.73. The predicted molar refractivity (Wildman–Crippen MR) is 56.0 cm³/mol. The first-order valence-electron chi connectivity index (χ1n) is 3.68. The molecule has 0 amide bonds. The second-order valence-corrected chi connectivity index (χ2v) is 4.39. The molecule has 0 spiro atoms. The van der Waals surface area contributed by atoms with E-state index in [2.05, 4.69) is 15.3 Å². The summed E-state index contributed by atoms with van der Waals surface area (Å²) < 4.78 is 0. The Kier molecular flexibility index (Phi) is 2.42. The van der Waals surface area contributed by atoms with Crippen LogP contribution in [0.3, 0.4) is 0 Å². The van der Waals surface area contributed by atoms with Gasteiger partial charge in [0.05, 0.1) is 12.7 Å². The van der Waals surface area contributed by atoms with Crippen molar-refractivity contribution >= 4 is 32.8 Å². The van der Waals surface area contributed by atoms with Gasteiger partial charge < -0.3 is 11.1 Å². The summed E-state index contributed by atoms with van der Waals surface area (Å²) >= 11 is 3.06. The van der Waals surface area contributed by atoms with E-state index in [1.54, 1.807) is 23.7 Å². The van der Waals surface area contributed by atoms with Crippen molar-refractivity contribution in [2.24, 2.45) is 0 Å². The maximum atomic E-state index is 5.53. The number of anilines is 2. The molecule has 0 radical (unpaired) electrons. The van der Waals surface area contributed by atoms with E-state index in [9.17, 15) is 0 Å². The third kappa shape index (κ3) is 2.16. The normalized spacial score (nSPS) is 10.2. The van der Waals surface area contributed by atoms with Crippen LogP contribution in [0.15, 0.2) is 17.8 Å². The fraction of sp³-hybridized carbons (Fsp3) is 0.143. The molecule has 0 aromatic carbocycles. The molecule has 6 heteroatoms. The third-order valence-corrected chi connectivity index (χ3v) is 2.96.